The standard InChI is InChI=1S/C24H23N3O3S2/c1-3-27-23(29)22-19(13-20(32-22)17-9-5-4-6-10-17)26-24(27)31-15-21(28)25-14-16-8-7-11-18(12-16)30-2/h4-13H,3,14-15H2,1-2H3,(H,25,28). The summed E-state index contributed by atoms with van der Waals surface area (Å²) in [5, 5.41) is 3.46. The van der Waals surface area contributed by atoms with Crippen molar-refractivity contribution in [1.82, 2.24) is 14.9 Å². The first-order valence-electron chi connectivity index (χ1n) is 10.2. The van der Waals surface area contributed by atoms with E-state index in [4.69, 9.17) is 9.72 Å². The van der Waals surface area contributed by atoms with Gasteiger partial charge in [-0.1, -0.05) is 54.2 Å². The molecule has 0 saturated carbocycles. The van der Waals surface area contributed by atoms with Crippen molar-refractivity contribution in [3.8, 4) is 16.2 Å². The lowest BCUT2D eigenvalue weighted by Gasteiger charge is -2.10. The van der Waals surface area contributed by atoms with E-state index in [0.717, 1.165) is 21.8 Å². The number of thioether (sulfide) groups is 1. The molecule has 4 rings (SSSR count). The van der Waals surface area contributed by atoms with E-state index in [9.17, 15) is 9.59 Å². The summed E-state index contributed by atoms with van der Waals surface area (Å²) in [5.74, 6) is 0.809. The molecule has 32 heavy (non-hydrogen) atoms. The smallest absolute Gasteiger partial charge is 0.272 e. The van der Waals surface area contributed by atoms with Crippen molar-refractivity contribution < 1.29 is 9.53 Å². The van der Waals surface area contributed by atoms with Crippen LogP contribution in [-0.4, -0.2) is 28.3 Å². The third-order valence-electron chi connectivity index (χ3n) is 4.93. The number of rotatable bonds is 8. The van der Waals surface area contributed by atoms with Gasteiger partial charge in [0.15, 0.2) is 5.16 Å². The summed E-state index contributed by atoms with van der Waals surface area (Å²) in [5.41, 5.74) is 2.62. The number of carbonyl (C=O) groups excluding carboxylic acids is 1. The number of benzene rings is 2. The molecular formula is C24H23N3O3S2. The molecule has 0 atom stereocenters. The lowest BCUT2D eigenvalue weighted by molar-refractivity contribution is -0.118. The Bertz CT molecular complexity index is 1300. The molecule has 0 fully saturated rings. The Hall–Kier alpha value is -3.10. The zero-order valence-electron chi connectivity index (χ0n) is 17.8. The Morgan fingerprint density at radius 1 is 1.16 bits per heavy atom. The van der Waals surface area contributed by atoms with E-state index >= 15 is 0 Å². The number of amides is 1. The predicted octanol–water partition coefficient (Wildman–Crippen LogP) is 4.56. The molecule has 0 spiro atoms. The minimum Gasteiger partial charge on any atom is -0.497 e. The molecule has 0 radical (unpaired) electrons. The normalized spacial score (nSPS) is 10.9. The second-order valence-corrected chi connectivity index (χ2v) is 9.05. The monoisotopic (exact) mass is 465 g/mol. The lowest BCUT2D eigenvalue weighted by Crippen LogP contribution is -2.26. The van der Waals surface area contributed by atoms with Crippen molar-refractivity contribution in [2.45, 2.75) is 25.2 Å². The number of nitrogens with one attached hydrogen (secondary N) is 1. The van der Waals surface area contributed by atoms with Gasteiger partial charge in [0.2, 0.25) is 5.91 Å². The van der Waals surface area contributed by atoms with E-state index in [2.05, 4.69) is 5.32 Å². The topological polar surface area (TPSA) is 73.2 Å². The molecule has 0 unspecified atom stereocenters. The molecule has 2 heterocycles. The maximum absolute atomic E-state index is 13.0. The van der Waals surface area contributed by atoms with Crippen LogP contribution in [0.25, 0.3) is 20.7 Å². The number of hydrogen-bond donors (Lipinski definition) is 1. The molecule has 0 bridgehead atoms. The summed E-state index contributed by atoms with van der Waals surface area (Å²) in [6.07, 6.45) is 0. The van der Waals surface area contributed by atoms with E-state index in [1.807, 2.05) is 67.6 Å². The number of carbonyl (C=O) groups is 1. The summed E-state index contributed by atoms with van der Waals surface area (Å²) < 4.78 is 7.48. The first kappa shape index (κ1) is 22.1. The highest BCUT2D eigenvalue weighted by molar-refractivity contribution is 7.99. The second-order valence-electron chi connectivity index (χ2n) is 7.05. The van der Waals surface area contributed by atoms with Crippen LogP contribution in [0.3, 0.4) is 0 Å². The number of hydrogen-bond acceptors (Lipinski definition) is 6. The quantitative estimate of drug-likeness (QED) is 0.305. The third-order valence-corrected chi connectivity index (χ3v) is 7.07. The van der Waals surface area contributed by atoms with Gasteiger partial charge in [0.05, 0.1) is 18.4 Å². The molecule has 0 aliphatic rings. The first-order chi connectivity index (χ1) is 15.6. The number of thiophene rings is 1. The van der Waals surface area contributed by atoms with Crippen molar-refractivity contribution in [2.24, 2.45) is 0 Å². The average Bonchev–Trinajstić information content (AvgIpc) is 3.27. The molecule has 2 aromatic carbocycles. The summed E-state index contributed by atoms with van der Waals surface area (Å²) >= 11 is 2.73. The molecule has 8 heteroatoms. The highest BCUT2D eigenvalue weighted by Crippen LogP contribution is 2.31. The molecule has 0 saturated heterocycles. The molecule has 0 aliphatic heterocycles. The van der Waals surface area contributed by atoms with Crippen LogP contribution in [0.1, 0.15) is 12.5 Å². The summed E-state index contributed by atoms with van der Waals surface area (Å²) in [7, 11) is 1.61. The van der Waals surface area contributed by atoms with E-state index in [1.54, 1.807) is 11.7 Å². The summed E-state index contributed by atoms with van der Waals surface area (Å²) in [6, 6.07) is 19.5. The Morgan fingerprint density at radius 2 is 1.97 bits per heavy atom. The fraction of sp³-hybridized carbons (Fsp3) is 0.208. The van der Waals surface area contributed by atoms with Crippen LogP contribution in [0.2, 0.25) is 0 Å². The van der Waals surface area contributed by atoms with Gasteiger partial charge < -0.3 is 10.1 Å². The van der Waals surface area contributed by atoms with E-state index in [-0.39, 0.29) is 17.2 Å². The van der Waals surface area contributed by atoms with Crippen molar-refractivity contribution >= 4 is 39.2 Å². The van der Waals surface area contributed by atoms with Crippen molar-refractivity contribution in [1.29, 1.82) is 0 Å². The van der Waals surface area contributed by atoms with Crippen LogP contribution in [0, 0.1) is 0 Å². The van der Waals surface area contributed by atoms with Crippen LogP contribution in [0.5, 0.6) is 5.75 Å². The molecule has 2 aromatic heterocycles. The van der Waals surface area contributed by atoms with E-state index in [0.29, 0.717) is 28.5 Å². The Balaban J connectivity index is 1.49. The first-order valence-corrected chi connectivity index (χ1v) is 12.0. The Morgan fingerprint density at radius 3 is 2.72 bits per heavy atom. The number of nitrogens with zero attached hydrogens (tertiary/aromatic N) is 2. The minimum atomic E-state index is -0.120. The Labute approximate surface area is 194 Å². The summed E-state index contributed by atoms with van der Waals surface area (Å²) in [6.45, 7) is 2.82. The van der Waals surface area contributed by atoms with Crippen molar-refractivity contribution in [3.05, 3.63) is 76.6 Å². The van der Waals surface area contributed by atoms with Gasteiger partial charge >= 0.3 is 0 Å². The molecule has 6 nitrogen and oxygen atoms in total. The van der Waals surface area contributed by atoms with Gasteiger partial charge in [-0.05, 0) is 36.2 Å². The van der Waals surface area contributed by atoms with Gasteiger partial charge in [0.25, 0.3) is 5.56 Å². The SMILES string of the molecule is CCn1c(SCC(=O)NCc2cccc(OC)c2)nc2cc(-c3ccccc3)sc2c1=O. The van der Waals surface area contributed by atoms with Gasteiger partial charge in [-0.25, -0.2) is 4.98 Å². The number of methoxy groups -OCH3 is 1. The van der Waals surface area contributed by atoms with Gasteiger partial charge in [-0.3, -0.25) is 14.2 Å². The minimum absolute atomic E-state index is 0.0658. The predicted molar refractivity (Wildman–Crippen MR) is 131 cm³/mol. The zero-order chi connectivity index (χ0) is 22.5. The van der Waals surface area contributed by atoms with Crippen LogP contribution >= 0.6 is 23.1 Å². The largest absolute Gasteiger partial charge is 0.497 e. The average molecular weight is 466 g/mol. The van der Waals surface area contributed by atoms with Gasteiger partial charge in [-0.2, -0.15) is 0 Å². The van der Waals surface area contributed by atoms with Gasteiger partial charge in [-0.15, -0.1) is 11.3 Å². The van der Waals surface area contributed by atoms with Gasteiger partial charge in [0, 0.05) is 18.0 Å². The van der Waals surface area contributed by atoms with Crippen molar-refractivity contribution in [3.63, 3.8) is 0 Å². The fourth-order valence-corrected chi connectivity index (χ4v) is 5.23. The highest BCUT2D eigenvalue weighted by Gasteiger charge is 2.15. The Kier molecular flexibility index (Phi) is 6.92. The number of aromatic nitrogens is 2. The second kappa shape index (κ2) is 10.0. The zero-order valence-corrected chi connectivity index (χ0v) is 19.5. The van der Waals surface area contributed by atoms with Crippen molar-refractivity contribution in [2.75, 3.05) is 12.9 Å². The summed E-state index contributed by atoms with van der Waals surface area (Å²) in [4.78, 5) is 31.2. The van der Waals surface area contributed by atoms with Crippen LogP contribution in [-0.2, 0) is 17.9 Å². The lowest BCUT2D eigenvalue weighted by atomic mass is 10.2. The van der Waals surface area contributed by atoms with E-state index < -0.39 is 0 Å². The van der Waals surface area contributed by atoms with Crippen LogP contribution in [0.4, 0.5) is 0 Å². The number of fused-ring (bicyclic) bond motifs is 1. The van der Waals surface area contributed by atoms with Crippen LogP contribution < -0.4 is 15.6 Å². The van der Waals surface area contributed by atoms with E-state index in [1.165, 1.54) is 23.1 Å². The highest BCUT2D eigenvalue weighted by atomic mass is 32.2. The maximum Gasteiger partial charge on any atom is 0.272 e. The molecule has 1 N–H and O–H groups in total. The third kappa shape index (κ3) is 4.87. The molecular weight excluding hydrogens is 442 g/mol. The molecule has 4 aromatic rings. The van der Waals surface area contributed by atoms with Crippen LogP contribution in [0.15, 0.2) is 70.6 Å². The maximum atomic E-state index is 13.0. The fourth-order valence-electron chi connectivity index (χ4n) is 3.29. The molecule has 1 amide bonds. The van der Waals surface area contributed by atoms with Gasteiger partial charge in [0.1, 0.15) is 10.4 Å². The molecule has 0 aliphatic carbocycles. The number of ether oxygens (including phenoxy) is 1. The molecule has 164 valence electrons.